The highest BCUT2D eigenvalue weighted by molar-refractivity contribution is 5.83. The van der Waals surface area contributed by atoms with Crippen molar-refractivity contribution in [2.75, 3.05) is 4.90 Å². The van der Waals surface area contributed by atoms with E-state index in [-0.39, 0.29) is 5.92 Å². The molecule has 5 aromatic carbocycles. The van der Waals surface area contributed by atoms with Gasteiger partial charge in [-0.2, -0.15) is 0 Å². The molecule has 55 heavy (non-hydrogen) atoms. The number of nitrogens with zero attached hydrogens (tertiary/aromatic N) is 6. The van der Waals surface area contributed by atoms with Crippen LogP contribution in [0.1, 0.15) is 23.5 Å². The van der Waals surface area contributed by atoms with E-state index in [1.54, 1.807) is 12.4 Å². The van der Waals surface area contributed by atoms with Crippen molar-refractivity contribution in [1.82, 2.24) is 24.9 Å². The van der Waals surface area contributed by atoms with Crippen molar-refractivity contribution in [2.24, 2.45) is 0 Å². The fourth-order valence-electron chi connectivity index (χ4n) is 7.74. The Hall–Kier alpha value is -7.31. The number of fused-ring (bicyclic) bond motifs is 3. The highest BCUT2D eigenvalue weighted by Crippen LogP contribution is 2.52. The molecule has 0 bridgehead atoms. The Bertz CT molecular complexity index is 2620. The topological polar surface area (TPSA) is 67.7 Å². The number of para-hydroxylation sites is 2. The summed E-state index contributed by atoms with van der Waals surface area (Å²) in [5.74, 6) is 2.12. The summed E-state index contributed by atoms with van der Waals surface area (Å²) in [6.07, 6.45) is 12.8. The zero-order valence-electron chi connectivity index (χ0n) is 29.9. The Labute approximate surface area is 319 Å². The van der Waals surface area contributed by atoms with Crippen LogP contribution in [0, 0.1) is 0 Å². The molecular weight excluding hydrogens is 673 g/mol. The summed E-state index contributed by atoms with van der Waals surface area (Å²) in [6.45, 7) is 0. The van der Waals surface area contributed by atoms with E-state index in [9.17, 15) is 0 Å². The van der Waals surface area contributed by atoms with Gasteiger partial charge in [0.1, 0.15) is 0 Å². The summed E-state index contributed by atoms with van der Waals surface area (Å²) < 4.78 is 0. The largest absolute Gasteiger partial charge is 0.313 e. The van der Waals surface area contributed by atoms with E-state index >= 15 is 0 Å². The maximum Gasteiger partial charge on any atom is 0.164 e. The van der Waals surface area contributed by atoms with Crippen molar-refractivity contribution in [1.29, 1.82) is 0 Å². The maximum atomic E-state index is 5.09. The quantitative estimate of drug-likeness (QED) is 0.164. The molecule has 0 saturated heterocycles. The average Bonchev–Trinajstić information content (AvgIpc) is 3.61. The molecule has 6 nitrogen and oxygen atoms in total. The van der Waals surface area contributed by atoms with Crippen LogP contribution in [-0.2, 0) is 0 Å². The Morgan fingerprint density at radius 1 is 0.436 bits per heavy atom. The van der Waals surface area contributed by atoms with Gasteiger partial charge in [-0.3, -0.25) is 9.97 Å². The Morgan fingerprint density at radius 3 is 1.60 bits per heavy atom. The number of hydrogen-bond donors (Lipinski definition) is 0. The molecule has 0 amide bonds. The van der Waals surface area contributed by atoms with Crippen LogP contribution in [0.15, 0.2) is 194 Å². The van der Waals surface area contributed by atoms with Gasteiger partial charge in [0.25, 0.3) is 0 Å². The molecule has 1 unspecified atom stereocenters. The minimum atomic E-state index is 0.287. The zero-order chi connectivity index (χ0) is 36.6. The lowest BCUT2D eigenvalue weighted by Gasteiger charge is -2.26. The van der Waals surface area contributed by atoms with Crippen LogP contribution >= 0.6 is 0 Å². The van der Waals surface area contributed by atoms with Gasteiger partial charge in [0.05, 0.1) is 0 Å². The second kappa shape index (κ2) is 13.9. The van der Waals surface area contributed by atoms with E-state index in [0.29, 0.717) is 17.5 Å². The van der Waals surface area contributed by atoms with Gasteiger partial charge in [0, 0.05) is 75.6 Å². The molecule has 0 spiro atoms. The second-order valence-electron chi connectivity index (χ2n) is 13.8. The zero-order valence-corrected chi connectivity index (χ0v) is 29.9. The molecule has 0 saturated carbocycles. The van der Waals surface area contributed by atoms with Crippen molar-refractivity contribution < 1.29 is 0 Å². The van der Waals surface area contributed by atoms with Crippen LogP contribution in [-0.4, -0.2) is 24.9 Å². The Morgan fingerprint density at radius 2 is 0.982 bits per heavy atom. The molecule has 1 aliphatic carbocycles. The Balaban J connectivity index is 1.02. The van der Waals surface area contributed by atoms with Crippen LogP contribution in [0.4, 0.5) is 11.4 Å². The van der Waals surface area contributed by atoms with E-state index in [2.05, 4.69) is 154 Å². The molecule has 1 aliphatic heterocycles. The van der Waals surface area contributed by atoms with Gasteiger partial charge >= 0.3 is 0 Å². The summed E-state index contributed by atoms with van der Waals surface area (Å²) in [7, 11) is 0. The predicted octanol–water partition coefficient (Wildman–Crippen LogP) is 11.6. The molecule has 8 aromatic rings. The molecule has 10 rings (SSSR count). The standard InChI is InChI=1S/C49H34N6/c1-2-16-42(17-3-1)55-45-19-5-4-18-43(45)44-30-37(24-25-46(44)55)33-20-22-34(23-21-33)47-52-48(38-12-6-10-35(28-38)40-14-8-26-50-31-40)54-49(53-47)39-13-7-11-36(29-39)41-15-9-27-51-32-41/h1-29,31-32,44H,30H2. The summed E-state index contributed by atoms with van der Waals surface area (Å²) >= 11 is 0. The first-order valence-electron chi connectivity index (χ1n) is 18.5. The fourth-order valence-corrected chi connectivity index (χ4v) is 7.74. The molecule has 0 fully saturated rings. The molecule has 2 aliphatic rings. The highest BCUT2D eigenvalue weighted by Gasteiger charge is 2.36. The summed E-state index contributed by atoms with van der Waals surface area (Å²) in [5, 5.41) is 0. The molecule has 3 aromatic heterocycles. The third-order valence-electron chi connectivity index (χ3n) is 10.4. The average molecular weight is 707 g/mol. The molecule has 0 N–H and O–H groups in total. The number of rotatable bonds is 7. The van der Waals surface area contributed by atoms with Crippen molar-refractivity contribution in [2.45, 2.75) is 12.3 Å². The van der Waals surface area contributed by atoms with Gasteiger partial charge < -0.3 is 4.90 Å². The van der Waals surface area contributed by atoms with Crippen molar-refractivity contribution in [3.63, 3.8) is 0 Å². The van der Waals surface area contributed by atoms with Crippen LogP contribution in [0.5, 0.6) is 0 Å². The van der Waals surface area contributed by atoms with Crippen LogP contribution in [0.3, 0.4) is 0 Å². The monoisotopic (exact) mass is 706 g/mol. The first-order valence-corrected chi connectivity index (χ1v) is 18.5. The summed E-state index contributed by atoms with van der Waals surface area (Å²) in [5.41, 5.74) is 14.5. The number of allylic oxidation sites excluding steroid dienone is 4. The maximum absolute atomic E-state index is 5.09. The first-order chi connectivity index (χ1) is 27.2. The van der Waals surface area contributed by atoms with E-state index in [4.69, 9.17) is 15.0 Å². The van der Waals surface area contributed by atoms with E-state index < -0.39 is 0 Å². The third kappa shape index (κ3) is 6.19. The minimum Gasteiger partial charge on any atom is -0.313 e. The molecule has 4 heterocycles. The lowest BCUT2D eigenvalue weighted by Crippen LogP contribution is -2.15. The molecule has 260 valence electrons. The van der Waals surface area contributed by atoms with Gasteiger partial charge in [-0.15, -0.1) is 0 Å². The van der Waals surface area contributed by atoms with Gasteiger partial charge in [-0.25, -0.2) is 15.0 Å². The van der Waals surface area contributed by atoms with Crippen molar-refractivity contribution in [3.05, 3.63) is 205 Å². The second-order valence-corrected chi connectivity index (χ2v) is 13.8. The third-order valence-corrected chi connectivity index (χ3v) is 10.4. The van der Waals surface area contributed by atoms with E-state index in [1.807, 2.05) is 36.7 Å². The molecule has 0 radical (unpaired) electrons. The molecule has 1 atom stereocenters. The van der Waals surface area contributed by atoms with Gasteiger partial charge in [-0.05, 0) is 82.8 Å². The normalized spacial score (nSPS) is 14.5. The smallest absolute Gasteiger partial charge is 0.164 e. The van der Waals surface area contributed by atoms with Crippen LogP contribution in [0.2, 0.25) is 0 Å². The summed E-state index contributed by atoms with van der Waals surface area (Å²) in [4.78, 5) is 26.3. The lowest BCUT2D eigenvalue weighted by molar-refractivity contribution is 0.832. The number of benzene rings is 5. The van der Waals surface area contributed by atoms with Gasteiger partial charge in [-0.1, -0.05) is 115 Å². The van der Waals surface area contributed by atoms with Crippen molar-refractivity contribution in [3.8, 4) is 56.4 Å². The van der Waals surface area contributed by atoms with Gasteiger partial charge in [0.2, 0.25) is 0 Å². The van der Waals surface area contributed by atoms with E-state index in [1.165, 1.54) is 33.8 Å². The lowest BCUT2D eigenvalue weighted by atomic mass is 9.85. The van der Waals surface area contributed by atoms with Crippen LogP contribution < -0.4 is 4.90 Å². The summed E-state index contributed by atoms with van der Waals surface area (Å²) in [6, 6.07) is 52.7. The predicted molar refractivity (Wildman–Crippen MR) is 221 cm³/mol. The van der Waals surface area contributed by atoms with Crippen LogP contribution in [0.25, 0.3) is 62.0 Å². The molecule has 6 heteroatoms. The number of aromatic nitrogens is 5. The fraction of sp³-hybridized carbons (Fsp3) is 0.0408. The highest BCUT2D eigenvalue weighted by atomic mass is 15.2. The molecular formula is C49H34N6. The number of anilines is 2. The van der Waals surface area contributed by atoms with Gasteiger partial charge in [0.15, 0.2) is 17.5 Å². The van der Waals surface area contributed by atoms with Crippen molar-refractivity contribution >= 4 is 16.9 Å². The number of pyridine rings is 2. The SMILES string of the molecule is C1=C(c2ccc(-c3nc(-c4cccc(-c5cccnc5)c4)nc(-c4cccc(-c5cccnc5)c4)n3)cc2)CC2C(=C1)N(c1ccccc1)c1ccccc12. The Kier molecular flexibility index (Phi) is 8.18. The number of hydrogen-bond acceptors (Lipinski definition) is 6. The first kappa shape index (κ1) is 32.3. The van der Waals surface area contributed by atoms with E-state index in [0.717, 1.165) is 45.4 Å². The minimum absolute atomic E-state index is 0.287.